The third-order valence-electron chi connectivity index (χ3n) is 6.07. The number of para-hydroxylation sites is 1. The zero-order chi connectivity index (χ0) is 20.2. The van der Waals surface area contributed by atoms with E-state index in [1.54, 1.807) is 4.68 Å². The van der Waals surface area contributed by atoms with Crippen LogP contribution in [0.3, 0.4) is 0 Å². The standard InChI is InChI=1S/C24H30N4O/c1-3-4-7-18-10-12-20(13-11-18)24(29)26-23-16-17(2)27-28(23)22-15-14-19-8-5-6-9-21(19)25-22/h5-6,8-9,14-16,18,20H,3-4,7,10-13H2,1-2H3,(H,26,29). The maximum absolute atomic E-state index is 12.9. The third-order valence-corrected chi connectivity index (χ3v) is 6.07. The number of pyridine rings is 1. The molecule has 5 nitrogen and oxygen atoms in total. The number of hydrogen-bond donors (Lipinski definition) is 1. The summed E-state index contributed by atoms with van der Waals surface area (Å²) >= 11 is 0. The Bertz CT molecular complexity index is 985. The van der Waals surface area contributed by atoms with Gasteiger partial charge >= 0.3 is 0 Å². The Morgan fingerprint density at radius 1 is 1.14 bits per heavy atom. The first-order valence-electron chi connectivity index (χ1n) is 10.9. The van der Waals surface area contributed by atoms with E-state index in [4.69, 9.17) is 4.98 Å². The molecule has 29 heavy (non-hydrogen) atoms. The van der Waals surface area contributed by atoms with Crippen LogP contribution in [0.4, 0.5) is 5.82 Å². The zero-order valence-corrected chi connectivity index (χ0v) is 17.4. The van der Waals surface area contributed by atoms with Crippen molar-refractivity contribution >= 4 is 22.6 Å². The summed E-state index contributed by atoms with van der Waals surface area (Å²) in [4.78, 5) is 17.6. The van der Waals surface area contributed by atoms with Crippen LogP contribution in [0.15, 0.2) is 42.5 Å². The van der Waals surface area contributed by atoms with Gasteiger partial charge in [-0.15, -0.1) is 0 Å². The van der Waals surface area contributed by atoms with Gasteiger partial charge in [0.05, 0.1) is 11.2 Å². The lowest BCUT2D eigenvalue weighted by Gasteiger charge is -2.27. The molecule has 0 aliphatic heterocycles. The molecule has 0 atom stereocenters. The number of anilines is 1. The summed E-state index contributed by atoms with van der Waals surface area (Å²) in [5.41, 5.74) is 1.78. The molecule has 152 valence electrons. The number of aryl methyl sites for hydroxylation is 1. The van der Waals surface area contributed by atoms with Gasteiger partial charge in [-0.2, -0.15) is 9.78 Å². The number of nitrogens with one attached hydrogen (secondary N) is 1. The molecule has 0 radical (unpaired) electrons. The van der Waals surface area contributed by atoms with Crippen LogP contribution in [-0.2, 0) is 4.79 Å². The predicted octanol–water partition coefficient (Wildman–Crippen LogP) is 5.66. The molecule has 0 unspecified atom stereocenters. The number of rotatable bonds is 6. The lowest BCUT2D eigenvalue weighted by Crippen LogP contribution is -2.28. The minimum absolute atomic E-state index is 0.0982. The highest BCUT2D eigenvalue weighted by molar-refractivity contribution is 5.92. The SMILES string of the molecule is CCCCC1CCC(C(=O)Nc2cc(C)nn2-c2ccc3ccccc3n2)CC1. The van der Waals surface area contributed by atoms with Gasteiger partial charge in [0.2, 0.25) is 5.91 Å². The fourth-order valence-electron chi connectivity index (χ4n) is 4.37. The first-order chi connectivity index (χ1) is 14.1. The summed E-state index contributed by atoms with van der Waals surface area (Å²) in [5, 5.41) is 8.79. The molecule has 2 heterocycles. The second-order valence-corrected chi connectivity index (χ2v) is 8.29. The molecule has 0 bridgehead atoms. The van der Waals surface area contributed by atoms with Crippen LogP contribution >= 0.6 is 0 Å². The van der Waals surface area contributed by atoms with Crippen LogP contribution in [0, 0.1) is 18.8 Å². The van der Waals surface area contributed by atoms with Crippen molar-refractivity contribution in [2.75, 3.05) is 5.32 Å². The second-order valence-electron chi connectivity index (χ2n) is 8.29. The molecule has 1 aromatic carbocycles. The monoisotopic (exact) mass is 390 g/mol. The van der Waals surface area contributed by atoms with Gasteiger partial charge in [-0.1, -0.05) is 44.4 Å². The molecule has 1 aliphatic rings. The van der Waals surface area contributed by atoms with Gasteiger partial charge in [0.25, 0.3) is 0 Å². The molecule has 4 rings (SSSR count). The summed E-state index contributed by atoms with van der Waals surface area (Å²) in [6, 6.07) is 13.9. The number of amides is 1. The fraction of sp³-hybridized carbons (Fsp3) is 0.458. The van der Waals surface area contributed by atoms with E-state index in [0.29, 0.717) is 5.82 Å². The Morgan fingerprint density at radius 3 is 2.72 bits per heavy atom. The normalized spacial score (nSPS) is 19.4. The first-order valence-corrected chi connectivity index (χ1v) is 10.9. The summed E-state index contributed by atoms with van der Waals surface area (Å²) < 4.78 is 1.74. The van der Waals surface area contributed by atoms with Crippen LogP contribution in [0.5, 0.6) is 0 Å². The molecule has 0 spiro atoms. The number of carbonyl (C=O) groups excluding carboxylic acids is 1. The highest BCUT2D eigenvalue weighted by Crippen LogP contribution is 2.32. The van der Waals surface area contributed by atoms with Crippen molar-refractivity contribution in [3.8, 4) is 5.82 Å². The molecule has 2 aromatic heterocycles. The molecule has 1 saturated carbocycles. The fourth-order valence-corrected chi connectivity index (χ4v) is 4.37. The van der Waals surface area contributed by atoms with Crippen molar-refractivity contribution < 1.29 is 4.79 Å². The second kappa shape index (κ2) is 8.76. The average molecular weight is 391 g/mol. The summed E-state index contributed by atoms with van der Waals surface area (Å²) in [5.74, 6) is 2.43. The van der Waals surface area contributed by atoms with Gasteiger partial charge in [-0.25, -0.2) is 4.98 Å². The minimum atomic E-state index is 0.0982. The van der Waals surface area contributed by atoms with Gasteiger partial charge in [0.15, 0.2) is 5.82 Å². The Hall–Kier alpha value is -2.69. The van der Waals surface area contributed by atoms with E-state index < -0.39 is 0 Å². The van der Waals surface area contributed by atoms with E-state index in [1.807, 2.05) is 49.4 Å². The zero-order valence-electron chi connectivity index (χ0n) is 17.4. The minimum Gasteiger partial charge on any atom is -0.310 e. The van der Waals surface area contributed by atoms with Gasteiger partial charge in [-0.05, 0) is 56.7 Å². The van der Waals surface area contributed by atoms with Gasteiger partial charge in [0.1, 0.15) is 5.82 Å². The maximum Gasteiger partial charge on any atom is 0.228 e. The molecule has 5 heteroatoms. The summed E-state index contributed by atoms with van der Waals surface area (Å²) in [6.45, 7) is 4.18. The largest absolute Gasteiger partial charge is 0.310 e. The first kappa shape index (κ1) is 19.6. The lowest BCUT2D eigenvalue weighted by molar-refractivity contribution is -0.121. The Kier molecular flexibility index (Phi) is 5.93. The quantitative estimate of drug-likeness (QED) is 0.590. The van der Waals surface area contributed by atoms with E-state index in [2.05, 4.69) is 17.3 Å². The number of hydrogen-bond acceptors (Lipinski definition) is 3. The van der Waals surface area contributed by atoms with Crippen LogP contribution < -0.4 is 5.32 Å². The van der Waals surface area contributed by atoms with E-state index in [1.165, 1.54) is 32.1 Å². The smallest absolute Gasteiger partial charge is 0.228 e. The Labute approximate surface area is 172 Å². The van der Waals surface area contributed by atoms with Crippen LogP contribution in [0.2, 0.25) is 0 Å². The van der Waals surface area contributed by atoms with Crippen LogP contribution in [0.25, 0.3) is 16.7 Å². The Morgan fingerprint density at radius 2 is 1.93 bits per heavy atom. The molecular formula is C24H30N4O. The van der Waals surface area contributed by atoms with Crippen molar-refractivity contribution in [1.82, 2.24) is 14.8 Å². The van der Waals surface area contributed by atoms with E-state index in [0.717, 1.165) is 41.2 Å². The summed E-state index contributed by atoms with van der Waals surface area (Å²) in [6.07, 6.45) is 8.18. The maximum atomic E-state index is 12.9. The highest BCUT2D eigenvalue weighted by atomic mass is 16.2. The number of aromatic nitrogens is 3. The van der Waals surface area contributed by atoms with Gasteiger partial charge in [-0.3, -0.25) is 4.79 Å². The molecule has 1 aliphatic carbocycles. The molecule has 0 saturated heterocycles. The highest BCUT2D eigenvalue weighted by Gasteiger charge is 2.27. The van der Waals surface area contributed by atoms with Crippen molar-refractivity contribution in [2.24, 2.45) is 11.8 Å². The number of fused-ring (bicyclic) bond motifs is 1. The van der Waals surface area contributed by atoms with Crippen molar-refractivity contribution in [3.63, 3.8) is 0 Å². The molecule has 1 fully saturated rings. The number of nitrogens with zero attached hydrogens (tertiary/aromatic N) is 3. The summed E-state index contributed by atoms with van der Waals surface area (Å²) in [7, 11) is 0. The number of carbonyl (C=O) groups is 1. The molecule has 1 amide bonds. The van der Waals surface area contributed by atoms with Crippen LogP contribution in [-0.4, -0.2) is 20.7 Å². The number of benzene rings is 1. The van der Waals surface area contributed by atoms with Crippen LogP contribution in [0.1, 0.15) is 57.6 Å². The van der Waals surface area contributed by atoms with Crippen molar-refractivity contribution in [2.45, 2.75) is 58.8 Å². The van der Waals surface area contributed by atoms with Crippen molar-refractivity contribution in [3.05, 3.63) is 48.2 Å². The topological polar surface area (TPSA) is 59.8 Å². The van der Waals surface area contributed by atoms with E-state index in [-0.39, 0.29) is 11.8 Å². The molecule has 3 aromatic rings. The van der Waals surface area contributed by atoms with E-state index >= 15 is 0 Å². The average Bonchev–Trinajstić information content (AvgIpc) is 3.12. The molecule has 1 N–H and O–H groups in total. The van der Waals surface area contributed by atoms with Gasteiger partial charge < -0.3 is 5.32 Å². The Balaban J connectivity index is 1.48. The third kappa shape index (κ3) is 4.50. The van der Waals surface area contributed by atoms with Crippen molar-refractivity contribution in [1.29, 1.82) is 0 Å². The van der Waals surface area contributed by atoms with E-state index in [9.17, 15) is 4.79 Å². The number of unbranched alkanes of at least 4 members (excludes halogenated alkanes) is 1. The predicted molar refractivity (Wildman–Crippen MR) is 117 cm³/mol. The van der Waals surface area contributed by atoms with Gasteiger partial charge in [0, 0.05) is 17.4 Å². The lowest BCUT2D eigenvalue weighted by atomic mass is 9.79. The molecular weight excluding hydrogens is 360 g/mol.